The molecule has 34 heavy (non-hydrogen) atoms. The van der Waals surface area contributed by atoms with Crippen LogP contribution in [-0.4, -0.2) is 34.5 Å². The van der Waals surface area contributed by atoms with E-state index in [0.717, 1.165) is 49.0 Å². The van der Waals surface area contributed by atoms with Crippen molar-refractivity contribution >= 4 is 51.2 Å². The van der Waals surface area contributed by atoms with Crippen LogP contribution in [0, 0.1) is 24.7 Å². The van der Waals surface area contributed by atoms with Crippen molar-refractivity contribution in [1.82, 2.24) is 15.6 Å². The number of thiophene rings is 1. The second-order valence-electron chi connectivity index (χ2n) is 9.43. The number of rotatable bonds is 7. The zero-order valence-electron chi connectivity index (χ0n) is 19.0. The molecule has 3 aliphatic rings. The maximum atomic E-state index is 13.3. The monoisotopic (exact) mass is 501 g/mol. The number of aromatic nitrogens is 1. The van der Waals surface area contributed by atoms with Gasteiger partial charge in [0.15, 0.2) is 5.11 Å². The number of amides is 2. The summed E-state index contributed by atoms with van der Waals surface area (Å²) >= 11 is 7.02. The highest BCUT2D eigenvalue weighted by atomic mass is 32.1. The average molecular weight is 502 g/mol. The molecule has 0 radical (unpaired) electrons. The molecule has 2 aromatic rings. The third-order valence-corrected chi connectivity index (χ3v) is 7.98. The van der Waals surface area contributed by atoms with Gasteiger partial charge in [0.05, 0.1) is 16.9 Å². The highest BCUT2D eigenvalue weighted by molar-refractivity contribution is 7.80. The number of halogens is 1. The molecule has 10 heteroatoms. The molecule has 4 N–H and O–H groups in total. The highest BCUT2D eigenvalue weighted by Crippen LogP contribution is 2.40. The van der Waals surface area contributed by atoms with Gasteiger partial charge in [-0.1, -0.05) is 0 Å². The SMILES string of the molecule is Cc1nc(F)ccc1NC(=S)N[C@H]1CCc2sc(NC(=O)C3CC3)c(C(=O)NCC3CC3)c2C1. The van der Waals surface area contributed by atoms with Gasteiger partial charge in [0.2, 0.25) is 11.9 Å². The highest BCUT2D eigenvalue weighted by Gasteiger charge is 2.34. The minimum absolute atomic E-state index is 0.0122. The summed E-state index contributed by atoms with van der Waals surface area (Å²) in [6.45, 7) is 2.40. The second kappa shape index (κ2) is 9.58. The Labute approximate surface area is 207 Å². The Bertz CT molecular complexity index is 1140. The van der Waals surface area contributed by atoms with Crippen molar-refractivity contribution in [2.45, 2.75) is 57.9 Å². The quantitative estimate of drug-likeness (QED) is 0.339. The average Bonchev–Trinajstić information content (AvgIpc) is 3.71. The van der Waals surface area contributed by atoms with E-state index in [4.69, 9.17) is 12.2 Å². The van der Waals surface area contributed by atoms with Gasteiger partial charge < -0.3 is 21.3 Å². The first-order valence-electron chi connectivity index (χ1n) is 11.8. The van der Waals surface area contributed by atoms with E-state index in [2.05, 4.69) is 26.3 Å². The molecule has 180 valence electrons. The van der Waals surface area contributed by atoms with Gasteiger partial charge in [-0.25, -0.2) is 4.98 Å². The molecule has 2 fully saturated rings. The summed E-state index contributed by atoms with van der Waals surface area (Å²) in [5, 5.41) is 13.6. The summed E-state index contributed by atoms with van der Waals surface area (Å²) in [5.41, 5.74) is 2.78. The molecule has 2 amide bonds. The first kappa shape index (κ1) is 23.2. The van der Waals surface area contributed by atoms with Crippen LogP contribution in [0.1, 0.15) is 58.6 Å². The summed E-state index contributed by atoms with van der Waals surface area (Å²) < 4.78 is 13.3. The molecule has 2 heterocycles. The van der Waals surface area contributed by atoms with Gasteiger partial charge in [-0.05, 0) is 87.7 Å². The molecular weight excluding hydrogens is 473 g/mol. The van der Waals surface area contributed by atoms with Crippen molar-refractivity contribution in [3.63, 3.8) is 0 Å². The normalized spacial score (nSPS) is 19.2. The fourth-order valence-corrected chi connectivity index (χ4v) is 5.77. The Morgan fingerprint density at radius 2 is 1.97 bits per heavy atom. The van der Waals surface area contributed by atoms with Crippen molar-refractivity contribution in [3.05, 3.63) is 39.8 Å². The number of nitrogens with zero attached hydrogens (tertiary/aromatic N) is 1. The lowest BCUT2D eigenvalue weighted by Crippen LogP contribution is -2.41. The van der Waals surface area contributed by atoms with Gasteiger partial charge in [-0.15, -0.1) is 11.3 Å². The Morgan fingerprint density at radius 1 is 1.18 bits per heavy atom. The summed E-state index contributed by atoms with van der Waals surface area (Å²) in [5.74, 6) is 0.0215. The number of nitrogens with one attached hydrogen (secondary N) is 4. The number of fused-ring (bicyclic) bond motifs is 1. The van der Waals surface area contributed by atoms with Gasteiger partial charge in [0, 0.05) is 23.4 Å². The summed E-state index contributed by atoms with van der Waals surface area (Å²) in [6.07, 6.45) is 6.45. The van der Waals surface area contributed by atoms with Crippen molar-refractivity contribution < 1.29 is 14.0 Å². The zero-order valence-corrected chi connectivity index (χ0v) is 20.6. The summed E-state index contributed by atoms with van der Waals surface area (Å²) in [4.78, 5) is 30.6. The number of hydrogen-bond donors (Lipinski definition) is 4. The molecule has 0 aliphatic heterocycles. The van der Waals surface area contributed by atoms with Crippen molar-refractivity contribution in [2.75, 3.05) is 17.2 Å². The van der Waals surface area contributed by atoms with E-state index in [-0.39, 0.29) is 23.8 Å². The molecule has 0 bridgehead atoms. The molecular formula is C24H28FN5O2S2. The van der Waals surface area contributed by atoms with E-state index in [1.54, 1.807) is 13.0 Å². The van der Waals surface area contributed by atoms with E-state index in [9.17, 15) is 14.0 Å². The van der Waals surface area contributed by atoms with Crippen LogP contribution in [0.2, 0.25) is 0 Å². The van der Waals surface area contributed by atoms with Crippen molar-refractivity contribution in [1.29, 1.82) is 0 Å². The molecule has 3 aliphatic carbocycles. The Kier molecular flexibility index (Phi) is 6.52. The number of carbonyl (C=O) groups is 2. The van der Waals surface area contributed by atoms with E-state index in [1.807, 2.05) is 0 Å². The van der Waals surface area contributed by atoms with Crippen LogP contribution in [0.3, 0.4) is 0 Å². The van der Waals surface area contributed by atoms with Crippen LogP contribution in [-0.2, 0) is 17.6 Å². The third kappa shape index (κ3) is 5.38. The van der Waals surface area contributed by atoms with E-state index < -0.39 is 5.95 Å². The van der Waals surface area contributed by atoms with Gasteiger partial charge >= 0.3 is 0 Å². The lowest BCUT2D eigenvalue weighted by molar-refractivity contribution is -0.117. The first-order chi connectivity index (χ1) is 16.4. The number of carbonyl (C=O) groups excluding carboxylic acids is 2. The molecule has 2 aromatic heterocycles. The minimum Gasteiger partial charge on any atom is -0.359 e. The molecule has 0 saturated heterocycles. The van der Waals surface area contributed by atoms with Crippen LogP contribution in [0.15, 0.2) is 12.1 Å². The predicted octanol–water partition coefficient (Wildman–Crippen LogP) is 3.92. The molecule has 2 saturated carbocycles. The predicted molar refractivity (Wildman–Crippen MR) is 135 cm³/mol. The van der Waals surface area contributed by atoms with E-state index in [1.165, 1.54) is 17.4 Å². The van der Waals surface area contributed by atoms with Crippen LogP contribution in [0.4, 0.5) is 15.1 Å². The Hall–Kier alpha value is -2.59. The molecule has 1 atom stereocenters. The van der Waals surface area contributed by atoms with Gasteiger partial charge in [-0.2, -0.15) is 4.39 Å². The molecule has 0 spiro atoms. The molecule has 7 nitrogen and oxygen atoms in total. The van der Waals surface area contributed by atoms with Crippen LogP contribution >= 0.6 is 23.6 Å². The van der Waals surface area contributed by atoms with Crippen LogP contribution < -0.4 is 21.3 Å². The number of aryl methyl sites for hydroxylation is 2. The lowest BCUT2D eigenvalue weighted by atomic mass is 9.91. The number of anilines is 2. The van der Waals surface area contributed by atoms with Gasteiger partial charge in [-0.3, -0.25) is 9.59 Å². The van der Waals surface area contributed by atoms with Crippen molar-refractivity contribution in [2.24, 2.45) is 11.8 Å². The smallest absolute Gasteiger partial charge is 0.254 e. The summed E-state index contributed by atoms with van der Waals surface area (Å²) in [6, 6.07) is 2.94. The van der Waals surface area contributed by atoms with Gasteiger partial charge in [0.1, 0.15) is 5.00 Å². The van der Waals surface area contributed by atoms with E-state index >= 15 is 0 Å². The lowest BCUT2D eigenvalue weighted by Gasteiger charge is -2.25. The maximum absolute atomic E-state index is 13.3. The fraction of sp³-hybridized carbons (Fsp3) is 0.500. The number of hydrogen-bond acceptors (Lipinski definition) is 5. The number of thiocarbonyl (C=S) groups is 1. The molecule has 0 aromatic carbocycles. The zero-order chi connectivity index (χ0) is 23.8. The largest absolute Gasteiger partial charge is 0.359 e. The van der Waals surface area contributed by atoms with Gasteiger partial charge in [0.25, 0.3) is 5.91 Å². The molecule has 5 rings (SSSR count). The topological polar surface area (TPSA) is 95.2 Å². The second-order valence-corrected chi connectivity index (χ2v) is 10.9. The van der Waals surface area contributed by atoms with Crippen molar-refractivity contribution in [3.8, 4) is 0 Å². The van der Waals surface area contributed by atoms with E-state index in [0.29, 0.717) is 45.9 Å². The Balaban J connectivity index is 1.30. The number of pyridine rings is 1. The third-order valence-electron chi connectivity index (χ3n) is 6.56. The Morgan fingerprint density at radius 3 is 2.68 bits per heavy atom. The first-order valence-corrected chi connectivity index (χ1v) is 13.0. The molecule has 0 unspecified atom stereocenters. The van der Waals surface area contributed by atoms with Crippen LogP contribution in [0.5, 0.6) is 0 Å². The summed E-state index contributed by atoms with van der Waals surface area (Å²) in [7, 11) is 0. The van der Waals surface area contributed by atoms with Crippen LogP contribution in [0.25, 0.3) is 0 Å². The maximum Gasteiger partial charge on any atom is 0.254 e. The minimum atomic E-state index is -0.531. The fourth-order valence-electron chi connectivity index (χ4n) is 4.25. The standard InChI is InChI=1S/C24H28FN5O2S2/c1-12-17(7-9-19(25)27-12)29-24(33)28-15-6-8-18-16(10-15)20(22(32)26-11-13-2-3-13)23(34-18)30-21(31)14-4-5-14/h7,9,13-15H,2-6,8,10-11H2,1H3,(H,26,32)(H,30,31)(H2,28,29,33)/t15-/m0/s1.